The van der Waals surface area contributed by atoms with Crippen LogP contribution in [0.25, 0.3) is 0 Å². The van der Waals surface area contributed by atoms with E-state index in [4.69, 9.17) is 0 Å². The van der Waals surface area contributed by atoms with Gasteiger partial charge in [-0.2, -0.15) is 0 Å². The van der Waals surface area contributed by atoms with Gasteiger partial charge in [-0.3, -0.25) is 4.98 Å². The van der Waals surface area contributed by atoms with Gasteiger partial charge < -0.3 is 4.74 Å². The molecule has 0 radical (unpaired) electrons. The molecule has 0 spiro atoms. The molecule has 0 saturated carbocycles. The first-order valence-electron chi connectivity index (χ1n) is 3.69. The molecule has 0 unspecified atom stereocenters. The molecule has 7 heteroatoms. The van der Waals surface area contributed by atoms with Crippen molar-refractivity contribution in [1.82, 2.24) is 4.98 Å². The normalized spacial score (nSPS) is 10.5. The van der Waals surface area contributed by atoms with Gasteiger partial charge in [-0.15, -0.1) is 0 Å². The molecule has 0 aromatic carbocycles. The predicted octanol–water partition coefficient (Wildman–Crippen LogP) is 2.55. The number of nitrogens with zero attached hydrogens (tertiary/aromatic N) is 1. The second kappa shape index (κ2) is 4.77. The van der Waals surface area contributed by atoms with Gasteiger partial charge in [-0.25, -0.2) is 18.0 Å². The Labute approximate surface area is 96.8 Å². The van der Waals surface area contributed by atoms with Crippen molar-refractivity contribution in [2.24, 2.45) is 0 Å². The molecule has 15 heavy (non-hydrogen) atoms. The number of hydrogen-bond donors (Lipinski definition) is 0. The summed E-state index contributed by atoms with van der Waals surface area (Å²) in [6.07, 6.45) is -2.14. The highest BCUT2D eigenvalue weighted by Gasteiger charge is 2.22. The topological polar surface area (TPSA) is 39.2 Å². The van der Waals surface area contributed by atoms with E-state index in [2.05, 4.69) is 9.72 Å². The van der Waals surface area contributed by atoms with E-state index in [1.54, 1.807) is 0 Å². The number of carbonyl (C=O) groups excluding carboxylic acids is 1. The fraction of sp³-hybridized carbons (Fsp3) is 0.250. The summed E-state index contributed by atoms with van der Waals surface area (Å²) in [5.74, 6) is -2.00. The van der Waals surface area contributed by atoms with Crippen molar-refractivity contribution in [2.75, 3.05) is 7.11 Å². The second-order valence-corrected chi connectivity index (χ2v) is 3.56. The molecular weight excluding hydrogens is 326 g/mol. The molecule has 1 aromatic heterocycles. The van der Waals surface area contributed by atoms with E-state index in [9.17, 15) is 18.0 Å². The lowest BCUT2D eigenvalue weighted by atomic mass is 10.2. The number of pyridine rings is 1. The molecule has 3 nitrogen and oxygen atoms in total. The van der Waals surface area contributed by atoms with Crippen LogP contribution < -0.4 is 0 Å². The minimum absolute atomic E-state index is 0.167. The highest BCUT2D eigenvalue weighted by molar-refractivity contribution is 14.1. The molecule has 0 aliphatic carbocycles. The fourth-order valence-corrected chi connectivity index (χ4v) is 1.52. The molecule has 1 heterocycles. The fourth-order valence-electron chi connectivity index (χ4n) is 0.883. The maximum absolute atomic E-state index is 13.3. The van der Waals surface area contributed by atoms with Gasteiger partial charge in [0.25, 0.3) is 6.43 Å². The number of esters is 1. The van der Waals surface area contributed by atoms with Crippen molar-refractivity contribution < 1.29 is 22.7 Å². The molecule has 0 amide bonds. The minimum atomic E-state index is -3.01. The van der Waals surface area contributed by atoms with E-state index in [0.717, 1.165) is 13.3 Å². The Hall–Kier alpha value is -0.860. The lowest BCUT2D eigenvalue weighted by Crippen LogP contribution is -2.09. The minimum Gasteiger partial charge on any atom is -0.465 e. The zero-order valence-electron chi connectivity index (χ0n) is 7.43. The van der Waals surface area contributed by atoms with Crippen LogP contribution in [-0.2, 0) is 4.74 Å². The molecule has 0 aliphatic heterocycles. The van der Waals surface area contributed by atoms with Crippen molar-refractivity contribution in [3.05, 3.63) is 26.8 Å². The third-order valence-electron chi connectivity index (χ3n) is 1.60. The highest BCUT2D eigenvalue weighted by Crippen LogP contribution is 2.25. The summed E-state index contributed by atoms with van der Waals surface area (Å²) < 4.78 is 41.8. The van der Waals surface area contributed by atoms with Crippen LogP contribution in [-0.4, -0.2) is 18.1 Å². The monoisotopic (exact) mass is 331 g/mol. The lowest BCUT2D eigenvalue weighted by molar-refractivity contribution is 0.0597. The van der Waals surface area contributed by atoms with Crippen molar-refractivity contribution in [3.63, 3.8) is 0 Å². The summed E-state index contributed by atoms with van der Waals surface area (Å²) in [7, 11) is 1.11. The largest absolute Gasteiger partial charge is 0.465 e. The van der Waals surface area contributed by atoms with Crippen LogP contribution in [0.1, 0.15) is 22.5 Å². The number of carbonyl (C=O) groups is 1. The van der Waals surface area contributed by atoms with Crippen LogP contribution in [0.2, 0.25) is 0 Å². The summed E-state index contributed by atoms with van der Waals surface area (Å²) >= 11 is 1.45. The van der Waals surface area contributed by atoms with Crippen LogP contribution >= 0.6 is 22.6 Å². The second-order valence-electron chi connectivity index (χ2n) is 2.48. The molecule has 0 aliphatic rings. The van der Waals surface area contributed by atoms with Gasteiger partial charge in [0, 0.05) is 6.20 Å². The zero-order valence-corrected chi connectivity index (χ0v) is 9.59. The molecule has 0 atom stereocenters. The Morgan fingerprint density at radius 3 is 2.67 bits per heavy atom. The number of halogens is 4. The number of aromatic nitrogens is 1. The van der Waals surface area contributed by atoms with Crippen LogP contribution in [0, 0.1) is 9.39 Å². The van der Waals surface area contributed by atoms with Gasteiger partial charge in [-0.1, -0.05) is 0 Å². The number of methoxy groups -OCH3 is 1. The first-order chi connectivity index (χ1) is 6.99. The Balaban J connectivity index is 3.27. The van der Waals surface area contributed by atoms with Crippen molar-refractivity contribution in [2.45, 2.75) is 6.43 Å². The Kier molecular flexibility index (Phi) is 3.89. The first kappa shape index (κ1) is 12.2. The molecular formula is C8H5F3INO2. The third-order valence-corrected chi connectivity index (χ3v) is 2.65. The molecule has 1 rings (SSSR count). The van der Waals surface area contributed by atoms with Crippen LogP contribution in [0.15, 0.2) is 6.20 Å². The predicted molar refractivity (Wildman–Crippen MR) is 53.2 cm³/mol. The van der Waals surface area contributed by atoms with Gasteiger partial charge in [0.2, 0.25) is 0 Å². The summed E-state index contributed by atoms with van der Waals surface area (Å²) in [5.41, 5.74) is -1.13. The van der Waals surface area contributed by atoms with E-state index in [1.807, 2.05) is 0 Å². The molecule has 0 bridgehead atoms. The highest BCUT2D eigenvalue weighted by atomic mass is 127. The van der Waals surface area contributed by atoms with Crippen molar-refractivity contribution in [1.29, 1.82) is 0 Å². The summed E-state index contributed by atoms with van der Waals surface area (Å²) in [6.45, 7) is 0. The molecule has 0 saturated heterocycles. The van der Waals surface area contributed by atoms with Gasteiger partial charge >= 0.3 is 5.97 Å². The van der Waals surface area contributed by atoms with Gasteiger partial charge in [-0.05, 0) is 22.6 Å². The van der Waals surface area contributed by atoms with Crippen molar-refractivity contribution >= 4 is 28.6 Å². The maximum atomic E-state index is 13.3. The van der Waals surface area contributed by atoms with Crippen LogP contribution in [0.4, 0.5) is 13.2 Å². The van der Waals surface area contributed by atoms with Gasteiger partial charge in [0.1, 0.15) is 5.69 Å². The smallest absolute Gasteiger partial charge is 0.340 e. The molecule has 0 N–H and O–H groups in total. The Morgan fingerprint density at radius 1 is 1.60 bits per heavy atom. The van der Waals surface area contributed by atoms with E-state index in [-0.39, 0.29) is 9.13 Å². The van der Waals surface area contributed by atoms with E-state index < -0.39 is 23.9 Å². The summed E-state index contributed by atoms with van der Waals surface area (Å²) in [5, 5.41) is 0. The molecule has 0 fully saturated rings. The number of rotatable bonds is 2. The van der Waals surface area contributed by atoms with E-state index in [1.165, 1.54) is 22.6 Å². The van der Waals surface area contributed by atoms with Gasteiger partial charge in [0.15, 0.2) is 5.82 Å². The standard InChI is InChI=1S/C8H5F3INO2/c1-15-8(14)3-2-13-6(7(10)11)4(9)5(3)12/h2,7H,1H3. The van der Waals surface area contributed by atoms with Crippen LogP contribution in [0.3, 0.4) is 0 Å². The Morgan fingerprint density at radius 2 is 2.20 bits per heavy atom. The SMILES string of the molecule is COC(=O)c1cnc(C(F)F)c(F)c1I. The number of alkyl halides is 2. The summed E-state index contributed by atoms with van der Waals surface area (Å²) in [4.78, 5) is 14.2. The van der Waals surface area contributed by atoms with E-state index >= 15 is 0 Å². The third kappa shape index (κ3) is 2.39. The first-order valence-corrected chi connectivity index (χ1v) is 4.77. The molecule has 1 aromatic rings. The quantitative estimate of drug-likeness (QED) is 0.618. The van der Waals surface area contributed by atoms with Crippen LogP contribution in [0.5, 0.6) is 0 Å². The van der Waals surface area contributed by atoms with Crippen molar-refractivity contribution in [3.8, 4) is 0 Å². The van der Waals surface area contributed by atoms with Gasteiger partial charge in [0.05, 0.1) is 16.2 Å². The number of ether oxygens (including phenoxy) is 1. The average Bonchev–Trinajstić information content (AvgIpc) is 2.20. The number of hydrogen-bond acceptors (Lipinski definition) is 3. The Bertz CT molecular complexity index is 398. The lowest BCUT2D eigenvalue weighted by Gasteiger charge is -2.06. The van der Waals surface area contributed by atoms with E-state index in [0.29, 0.717) is 0 Å². The average molecular weight is 331 g/mol. The molecule has 82 valence electrons. The maximum Gasteiger partial charge on any atom is 0.340 e. The summed E-state index contributed by atoms with van der Waals surface area (Å²) in [6, 6.07) is 0. The zero-order chi connectivity index (χ0) is 11.6.